The standard InChI is InChI=1S/C28H33N5O6S/c1-20(31-19-29)30-15-5-7-23(34)17-21-11-13-22(14-12-21)18-25(28(36)37)32-27(35)26-10-6-16-33(26)40(38,39)24-8-3-2-4-9-24/h2-4,8-9,11-14,25-26H,5-7,10,15-18H2,1H3,(H,30,31)(H,32,35)(H,36,37). The van der Waals surface area contributed by atoms with Gasteiger partial charge in [0.2, 0.25) is 15.9 Å². The van der Waals surface area contributed by atoms with Crippen molar-refractivity contribution in [3.05, 3.63) is 65.7 Å². The number of rotatable bonds is 13. The van der Waals surface area contributed by atoms with Gasteiger partial charge in [-0.2, -0.15) is 9.57 Å². The Labute approximate surface area is 234 Å². The van der Waals surface area contributed by atoms with Gasteiger partial charge in [0.15, 0.2) is 6.19 Å². The van der Waals surface area contributed by atoms with E-state index < -0.39 is 34.0 Å². The maximum Gasteiger partial charge on any atom is 0.326 e. The first kappa shape index (κ1) is 30.5. The molecule has 11 nitrogen and oxygen atoms in total. The average Bonchev–Trinajstić information content (AvgIpc) is 3.44. The maximum atomic E-state index is 13.1. The molecular formula is C28H33N5O6S. The molecule has 2 atom stereocenters. The Balaban J connectivity index is 1.56. The monoisotopic (exact) mass is 567 g/mol. The van der Waals surface area contributed by atoms with Crippen LogP contribution in [-0.2, 0) is 37.2 Å². The van der Waals surface area contributed by atoms with Crippen LogP contribution in [0.2, 0.25) is 0 Å². The Bertz CT molecular complexity index is 1370. The third-order valence-electron chi connectivity index (χ3n) is 6.53. The summed E-state index contributed by atoms with van der Waals surface area (Å²) in [4.78, 5) is 41.5. The number of aliphatic carboxylic acids is 1. The van der Waals surface area contributed by atoms with Crippen LogP contribution in [-0.4, -0.2) is 66.5 Å². The van der Waals surface area contributed by atoms with Crippen LogP contribution in [0.1, 0.15) is 43.7 Å². The highest BCUT2D eigenvalue weighted by Crippen LogP contribution is 2.26. The number of ketones is 1. The second kappa shape index (κ2) is 14.3. The largest absolute Gasteiger partial charge is 0.480 e. The van der Waals surface area contributed by atoms with Gasteiger partial charge >= 0.3 is 5.97 Å². The van der Waals surface area contributed by atoms with Crippen LogP contribution in [0, 0.1) is 11.5 Å². The summed E-state index contributed by atoms with van der Waals surface area (Å²) in [6.07, 6.45) is 3.71. The van der Waals surface area contributed by atoms with Gasteiger partial charge in [-0.1, -0.05) is 42.5 Å². The van der Waals surface area contributed by atoms with Crippen LogP contribution < -0.4 is 10.6 Å². The Morgan fingerprint density at radius 2 is 1.80 bits per heavy atom. The Morgan fingerprint density at radius 1 is 1.12 bits per heavy atom. The summed E-state index contributed by atoms with van der Waals surface area (Å²) >= 11 is 0. The van der Waals surface area contributed by atoms with Crippen molar-refractivity contribution in [3.8, 4) is 6.19 Å². The highest BCUT2D eigenvalue weighted by molar-refractivity contribution is 7.89. The SMILES string of the molecule is CC(=NCCCC(=O)Cc1ccc(CC(NC(=O)C2CCCN2S(=O)(=O)c2ccccc2)C(=O)O)cc1)NC#N. The van der Waals surface area contributed by atoms with Crippen LogP contribution in [0.5, 0.6) is 0 Å². The van der Waals surface area contributed by atoms with Crippen molar-refractivity contribution in [2.24, 2.45) is 4.99 Å². The molecule has 0 radical (unpaired) electrons. The summed E-state index contributed by atoms with van der Waals surface area (Å²) in [5, 5.41) is 23.2. The molecule has 2 unspecified atom stereocenters. The number of benzene rings is 2. The van der Waals surface area contributed by atoms with E-state index in [0.29, 0.717) is 43.6 Å². The molecule has 1 aliphatic rings. The lowest BCUT2D eigenvalue weighted by Gasteiger charge is -2.25. The molecule has 0 saturated carbocycles. The number of carboxylic acid groups (broad SMARTS) is 1. The van der Waals surface area contributed by atoms with Crippen molar-refractivity contribution < 1.29 is 27.9 Å². The number of sulfonamides is 1. The number of carbonyl (C=O) groups is 3. The van der Waals surface area contributed by atoms with Gasteiger partial charge in [0.25, 0.3) is 0 Å². The molecule has 1 aliphatic heterocycles. The summed E-state index contributed by atoms with van der Waals surface area (Å²) in [5.74, 6) is -1.34. The van der Waals surface area contributed by atoms with Gasteiger partial charge in [-0.3, -0.25) is 19.9 Å². The van der Waals surface area contributed by atoms with E-state index >= 15 is 0 Å². The number of carboxylic acids is 1. The fourth-order valence-corrected chi connectivity index (χ4v) is 6.15. The van der Waals surface area contributed by atoms with E-state index in [1.807, 2.05) is 0 Å². The first-order valence-electron chi connectivity index (χ1n) is 13.0. The summed E-state index contributed by atoms with van der Waals surface area (Å²) < 4.78 is 27.3. The normalized spacial score (nSPS) is 16.6. The lowest BCUT2D eigenvalue weighted by Crippen LogP contribution is -2.51. The summed E-state index contributed by atoms with van der Waals surface area (Å²) in [7, 11) is -3.90. The Morgan fingerprint density at radius 3 is 2.45 bits per heavy atom. The summed E-state index contributed by atoms with van der Waals surface area (Å²) in [6, 6.07) is 12.5. The fraction of sp³-hybridized carbons (Fsp3) is 0.393. The van der Waals surface area contributed by atoms with Gasteiger partial charge in [-0.25, -0.2) is 13.2 Å². The van der Waals surface area contributed by atoms with Gasteiger partial charge in [-0.15, -0.1) is 0 Å². The molecule has 12 heteroatoms. The summed E-state index contributed by atoms with van der Waals surface area (Å²) in [5.41, 5.74) is 1.43. The molecule has 2 aromatic rings. The number of aliphatic imine (C=N–C) groups is 1. The van der Waals surface area contributed by atoms with Crippen molar-refractivity contribution in [2.45, 2.75) is 62.4 Å². The predicted octanol–water partition coefficient (Wildman–Crippen LogP) is 2.03. The highest BCUT2D eigenvalue weighted by atomic mass is 32.2. The Kier molecular flexibility index (Phi) is 10.9. The zero-order valence-electron chi connectivity index (χ0n) is 22.2. The third-order valence-corrected chi connectivity index (χ3v) is 8.46. The van der Waals surface area contributed by atoms with Crippen molar-refractivity contribution in [2.75, 3.05) is 13.1 Å². The molecule has 0 aromatic heterocycles. The van der Waals surface area contributed by atoms with Gasteiger partial charge in [-0.05, 0) is 49.4 Å². The van der Waals surface area contributed by atoms with E-state index in [9.17, 15) is 27.9 Å². The van der Waals surface area contributed by atoms with E-state index in [-0.39, 0.29) is 30.1 Å². The second-order valence-electron chi connectivity index (χ2n) is 9.53. The van der Waals surface area contributed by atoms with Crippen molar-refractivity contribution in [1.82, 2.24) is 14.9 Å². The van der Waals surface area contributed by atoms with E-state index in [0.717, 1.165) is 9.87 Å². The maximum absolute atomic E-state index is 13.1. The zero-order valence-corrected chi connectivity index (χ0v) is 23.1. The Hall–Kier alpha value is -4.08. The number of nitriles is 1. The van der Waals surface area contributed by atoms with Crippen molar-refractivity contribution >= 4 is 33.5 Å². The molecule has 3 N–H and O–H groups in total. The highest BCUT2D eigenvalue weighted by Gasteiger charge is 2.40. The number of nitrogens with zero attached hydrogens (tertiary/aromatic N) is 3. The van der Waals surface area contributed by atoms with Gasteiger partial charge in [0.1, 0.15) is 23.7 Å². The molecule has 0 spiro atoms. The average molecular weight is 568 g/mol. The lowest BCUT2D eigenvalue weighted by atomic mass is 10.0. The number of Topliss-reactive ketones (excluding diaryl/α,β-unsaturated/α-hetero) is 1. The first-order valence-corrected chi connectivity index (χ1v) is 14.4. The molecule has 3 rings (SSSR count). The van der Waals surface area contributed by atoms with Gasteiger partial charge in [0, 0.05) is 32.4 Å². The van der Waals surface area contributed by atoms with E-state index in [1.165, 1.54) is 12.1 Å². The molecule has 1 amide bonds. The number of hydrogen-bond acceptors (Lipinski definition) is 7. The van der Waals surface area contributed by atoms with Crippen LogP contribution in [0.15, 0.2) is 64.5 Å². The number of amidine groups is 1. The molecule has 1 heterocycles. The number of nitrogens with one attached hydrogen (secondary N) is 2. The van der Waals surface area contributed by atoms with E-state index in [2.05, 4.69) is 15.6 Å². The van der Waals surface area contributed by atoms with Gasteiger partial charge in [0.05, 0.1) is 4.90 Å². The van der Waals surface area contributed by atoms with Gasteiger partial charge < -0.3 is 10.4 Å². The van der Waals surface area contributed by atoms with Crippen LogP contribution in [0.25, 0.3) is 0 Å². The molecule has 0 bridgehead atoms. The number of hydrogen-bond donors (Lipinski definition) is 3. The molecule has 0 aliphatic carbocycles. The zero-order chi connectivity index (χ0) is 29.1. The first-order chi connectivity index (χ1) is 19.1. The fourth-order valence-electron chi connectivity index (χ4n) is 4.47. The minimum Gasteiger partial charge on any atom is -0.480 e. The van der Waals surface area contributed by atoms with Crippen LogP contribution in [0.3, 0.4) is 0 Å². The molecule has 1 saturated heterocycles. The lowest BCUT2D eigenvalue weighted by molar-refractivity contribution is -0.142. The quantitative estimate of drug-likeness (QED) is 0.109. The molecule has 2 aromatic carbocycles. The number of amides is 1. The number of carbonyl (C=O) groups excluding carboxylic acids is 2. The minimum atomic E-state index is -3.90. The summed E-state index contributed by atoms with van der Waals surface area (Å²) in [6.45, 7) is 2.29. The molecular weight excluding hydrogens is 534 g/mol. The minimum absolute atomic E-state index is 0.00153. The van der Waals surface area contributed by atoms with Crippen molar-refractivity contribution in [1.29, 1.82) is 5.26 Å². The topological polar surface area (TPSA) is 169 Å². The van der Waals surface area contributed by atoms with Crippen molar-refractivity contribution in [3.63, 3.8) is 0 Å². The predicted molar refractivity (Wildman–Crippen MR) is 148 cm³/mol. The molecule has 212 valence electrons. The van der Waals surface area contributed by atoms with E-state index in [1.54, 1.807) is 55.6 Å². The van der Waals surface area contributed by atoms with Crippen LogP contribution >= 0.6 is 0 Å². The smallest absolute Gasteiger partial charge is 0.326 e. The van der Waals surface area contributed by atoms with E-state index in [4.69, 9.17) is 5.26 Å². The third kappa shape index (κ3) is 8.46. The van der Waals surface area contributed by atoms with Crippen LogP contribution in [0.4, 0.5) is 0 Å². The second-order valence-corrected chi connectivity index (χ2v) is 11.4. The molecule has 40 heavy (non-hydrogen) atoms. The molecule has 1 fully saturated rings.